The molecule has 0 bridgehead atoms. The van der Waals surface area contributed by atoms with Crippen molar-refractivity contribution in [1.82, 2.24) is 24.8 Å². The van der Waals surface area contributed by atoms with Crippen molar-refractivity contribution in [2.75, 3.05) is 37.6 Å². The van der Waals surface area contributed by atoms with E-state index < -0.39 is 5.69 Å². The zero-order valence-electron chi connectivity index (χ0n) is 18.0. The van der Waals surface area contributed by atoms with Gasteiger partial charge in [-0.3, -0.25) is 23.9 Å². The molecular weight excluding hydrogens is 412 g/mol. The molecule has 1 aliphatic carbocycles. The van der Waals surface area contributed by atoms with E-state index in [0.717, 1.165) is 24.4 Å². The highest BCUT2D eigenvalue weighted by Crippen LogP contribution is 2.16. The topological polar surface area (TPSA) is 120 Å². The fraction of sp³-hybridized carbons (Fsp3) is 0.500. The third-order valence-electron chi connectivity index (χ3n) is 6.11. The summed E-state index contributed by atoms with van der Waals surface area (Å²) in [6.07, 6.45) is 4.98. The van der Waals surface area contributed by atoms with Crippen molar-refractivity contribution in [3.05, 3.63) is 56.5 Å². The minimum Gasteiger partial charge on any atom is -0.353 e. The van der Waals surface area contributed by atoms with Crippen molar-refractivity contribution in [1.29, 1.82) is 0 Å². The molecule has 2 amide bonds. The molecule has 4 rings (SSSR count). The van der Waals surface area contributed by atoms with Gasteiger partial charge < -0.3 is 15.1 Å². The Morgan fingerprint density at radius 2 is 1.84 bits per heavy atom. The van der Waals surface area contributed by atoms with Crippen LogP contribution in [0.5, 0.6) is 0 Å². The van der Waals surface area contributed by atoms with Crippen LogP contribution in [-0.2, 0) is 29.0 Å². The predicted octanol–water partition coefficient (Wildman–Crippen LogP) is -0.334. The lowest BCUT2D eigenvalue weighted by Gasteiger charge is -2.35. The third-order valence-corrected chi connectivity index (χ3v) is 6.11. The van der Waals surface area contributed by atoms with Gasteiger partial charge in [-0.2, -0.15) is 0 Å². The van der Waals surface area contributed by atoms with Crippen LogP contribution in [0.25, 0.3) is 0 Å². The molecule has 1 saturated heterocycles. The number of piperazine rings is 1. The average molecular weight is 441 g/mol. The van der Waals surface area contributed by atoms with Crippen LogP contribution in [0, 0.1) is 0 Å². The smallest absolute Gasteiger partial charge is 0.328 e. The molecule has 1 fully saturated rings. The second-order valence-corrected chi connectivity index (χ2v) is 8.13. The number of hydrogen-bond acceptors (Lipinski definition) is 6. The van der Waals surface area contributed by atoms with E-state index in [1.54, 1.807) is 11.1 Å². The molecule has 2 aromatic heterocycles. The molecule has 10 heteroatoms. The number of aromatic amines is 1. The van der Waals surface area contributed by atoms with Crippen molar-refractivity contribution in [3.63, 3.8) is 0 Å². The Hall–Kier alpha value is -3.43. The molecule has 0 aromatic carbocycles. The van der Waals surface area contributed by atoms with Crippen molar-refractivity contribution in [3.8, 4) is 0 Å². The van der Waals surface area contributed by atoms with Gasteiger partial charge in [-0.15, -0.1) is 0 Å². The molecular formula is C22H28N6O4. The summed E-state index contributed by atoms with van der Waals surface area (Å²) in [5, 5.41) is 2.66. The van der Waals surface area contributed by atoms with Crippen molar-refractivity contribution in [2.24, 2.45) is 0 Å². The van der Waals surface area contributed by atoms with E-state index in [0.29, 0.717) is 44.6 Å². The van der Waals surface area contributed by atoms with Crippen LogP contribution in [0.15, 0.2) is 34.0 Å². The average Bonchev–Trinajstić information content (AvgIpc) is 2.83. The third kappa shape index (κ3) is 4.90. The summed E-state index contributed by atoms with van der Waals surface area (Å²) in [7, 11) is 0. The number of anilines is 1. The number of amides is 2. The first-order chi connectivity index (χ1) is 15.5. The zero-order chi connectivity index (χ0) is 22.5. The van der Waals surface area contributed by atoms with E-state index in [4.69, 9.17) is 0 Å². The molecule has 0 unspecified atom stereocenters. The Bertz CT molecular complexity index is 1090. The summed E-state index contributed by atoms with van der Waals surface area (Å²) >= 11 is 0. The van der Waals surface area contributed by atoms with E-state index in [2.05, 4.69) is 20.2 Å². The summed E-state index contributed by atoms with van der Waals surface area (Å²) in [6.45, 7) is 2.64. The van der Waals surface area contributed by atoms with Crippen LogP contribution >= 0.6 is 0 Å². The second-order valence-electron chi connectivity index (χ2n) is 8.13. The molecule has 2 aromatic rings. The molecule has 2 aliphatic rings. The highest BCUT2D eigenvalue weighted by Gasteiger charge is 2.22. The van der Waals surface area contributed by atoms with Crippen LogP contribution in [0.2, 0.25) is 0 Å². The zero-order valence-corrected chi connectivity index (χ0v) is 18.0. The number of hydrogen-bond donors (Lipinski definition) is 2. The maximum absolute atomic E-state index is 12.5. The number of nitrogens with zero attached hydrogens (tertiary/aromatic N) is 4. The summed E-state index contributed by atoms with van der Waals surface area (Å²) in [6, 6.07) is 5.75. The van der Waals surface area contributed by atoms with Gasteiger partial charge in [0.05, 0.1) is 6.54 Å². The van der Waals surface area contributed by atoms with E-state index in [1.807, 2.05) is 18.2 Å². The van der Waals surface area contributed by atoms with Gasteiger partial charge in [0, 0.05) is 56.6 Å². The first-order valence-corrected chi connectivity index (χ1v) is 11.1. The van der Waals surface area contributed by atoms with Crippen molar-refractivity contribution >= 4 is 17.6 Å². The molecule has 1 aliphatic heterocycles. The Kier molecular flexibility index (Phi) is 6.67. The van der Waals surface area contributed by atoms with Gasteiger partial charge in [-0.1, -0.05) is 6.07 Å². The van der Waals surface area contributed by atoms with Crippen LogP contribution in [-0.4, -0.2) is 64.0 Å². The van der Waals surface area contributed by atoms with Gasteiger partial charge >= 0.3 is 5.69 Å². The maximum Gasteiger partial charge on any atom is 0.328 e. The molecule has 10 nitrogen and oxygen atoms in total. The van der Waals surface area contributed by atoms with Gasteiger partial charge in [0.2, 0.25) is 11.8 Å². The standard InChI is InChI=1S/C22H28N6O4/c29-19(8-10-28-17-6-2-1-5-16(17)21(31)25-22(28)32)24-15-20(30)27-13-11-26(12-14-27)18-7-3-4-9-23-18/h3-4,7,9H,1-2,5-6,8,10-15H2,(H,24,29)(H,25,31,32). The number of fused-ring (bicyclic) bond motifs is 1. The van der Waals surface area contributed by atoms with Crippen LogP contribution in [0.4, 0.5) is 5.82 Å². The molecule has 0 saturated carbocycles. The van der Waals surface area contributed by atoms with Crippen LogP contribution in [0.3, 0.4) is 0 Å². The quantitative estimate of drug-likeness (QED) is 0.634. The number of nitrogens with one attached hydrogen (secondary N) is 2. The molecule has 0 atom stereocenters. The minimum atomic E-state index is -0.481. The first kappa shape index (κ1) is 21.8. The lowest BCUT2D eigenvalue weighted by atomic mass is 9.97. The predicted molar refractivity (Wildman–Crippen MR) is 119 cm³/mol. The fourth-order valence-corrected chi connectivity index (χ4v) is 4.34. The second kappa shape index (κ2) is 9.80. The highest BCUT2D eigenvalue weighted by molar-refractivity contribution is 5.84. The Labute approximate surface area is 185 Å². The number of carbonyl (C=O) groups is 2. The Morgan fingerprint density at radius 3 is 2.59 bits per heavy atom. The normalized spacial score (nSPS) is 15.9. The summed E-state index contributed by atoms with van der Waals surface area (Å²) in [5.41, 5.74) is 0.584. The first-order valence-electron chi connectivity index (χ1n) is 11.1. The largest absolute Gasteiger partial charge is 0.353 e. The van der Waals surface area contributed by atoms with Gasteiger partial charge in [0.25, 0.3) is 5.56 Å². The molecule has 3 heterocycles. The molecule has 170 valence electrons. The molecule has 32 heavy (non-hydrogen) atoms. The van der Waals surface area contributed by atoms with Crippen LogP contribution in [0.1, 0.15) is 30.5 Å². The van der Waals surface area contributed by atoms with Gasteiger partial charge in [0.15, 0.2) is 0 Å². The van der Waals surface area contributed by atoms with E-state index in [9.17, 15) is 19.2 Å². The molecule has 0 spiro atoms. The number of carbonyl (C=O) groups excluding carboxylic acids is 2. The van der Waals surface area contributed by atoms with E-state index >= 15 is 0 Å². The lowest BCUT2D eigenvalue weighted by Crippen LogP contribution is -2.51. The summed E-state index contributed by atoms with van der Waals surface area (Å²) < 4.78 is 1.49. The van der Waals surface area contributed by atoms with Crippen molar-refractivity contribution in [2.45, 2.75) is 38.6 Å². The van der Waals surface area contributed by atoms with Crippen molar-refractivity contribution < 1.29 is 9.59 Å². The SMILES string of the molecule is O=C(CCn1c2c(c(=O)[nH]c1=O)CCCC2)NCC(=O)N1CCN(c2ccccn2)CC1. The summed E-state index contributed by atoms with van der Waals surface area (Å²) in [4.78, 5) is 59.6. The van der Waals surface area contributed by atoms with E-state index in [-0.39, 0.29) is 36.9 Å². The summed E-state index contributed by atoms with van der Waals surface area (Å²) in [5.74, 6) is 0.471. The fourth-order valence-electron chi connectivity index (χ4n) is 4.34. The minimum absolute atomic E-state index is 0.0684. The number of rotatable bonds is 6. The number of H-pyrrole nitrogens is 1. The number of pyridine rings is 1. The lowest BCUT2D eigenvalue weighted by molar-refractivity contribution is -0.133. The monoisotopic (exact) mass is 440 g/mol. The Balaban J connectivity index is 1.25. The van der Waals surface area contributed by atoms with Gasteiger partial charge in [-0.25, -0.2) is 9.78 Å². The van der Waals surface area contributed by atoms with Gasteiger partial charge in [-0.05, 0) is 37.8 Å². The van der Waals surface area contributed by atoms with E-state index in [1.165, 1.54) is 4.57 Å². The Morgan fingerprint density at radius 1 is 1.06 bits per heavy atom. The highest BCUT2D eigenvalue weighted by atomic mass is 16.2. The molecule has 0 radical (unpaired) electrons. The van der Waals surface area contributed by atoms with Gasteiger partial charge in [0.1, 0.15) is 5.82 Å². The van der Waals surface area contributed by atoms with Crippen LogP contribution < -0.4 is 21.5 Å². The number of aromatic nitrogens is 3. The molecule has 2 N–H and O–H groups in total. The maximum atomic E-state index is 12.5.